The summed E-state index contributed by atoms with van der Waals surface area (Å²) in [5, 5.41) is 5.76. The molecule has 0 spiro atoms. The van der Waals surface area contributed by atoms with Crippen LogP contribution in [0.5, 0.6) is 0 Å². The lowest BCUT2D eigenvalue weighted by Crippen LogP contribution is -2.32. The fourth-order valence-electron chi connectivity index (χ4n) is 2.45. The van der Waals surface area contributed by atoms with E-state index in [1.54, 1.807) is 30.3 Å². The molecule has 1 aromatic carbocycles. The van der Waals surface area contributed by atoms with Gasteiger partial charge in [-0.3, -0.25) is 9.78 Å². The minimum atomic E-state index is -0.353. The van der Waals surface area contributed by atoms with Crippen molar-refractivity contribution in [2.75, 3.05) is 18.5 Å². The highest BCUT2D eigenvalue weighted by molar-refractivity contribution is 5.93. The number of carbonyl (C=O) groups excluding carboxylic acids is 1. The molecule has 2 N–H and O–H groups in total. The van der Waals surface area contributed by atoms with Gasteiger partial charge in [-0.15, -0.1) is 0 Å². The summed E-state index contributed by atoms with van der Waals surface area (Å²) >= 11 is 0. The lowest BCUT2D eigenvalue weighted by Gasteiger charge is -2.11. The van der Waals surface area contributed by atoms with Crippen molar-refractivity contribution in [3.05, 3.63) is 54.1 Å². The van der Waals surface area contributed by atoms with Gasteiger partial charge in [-0.05, 0) is 37.1 Å². The van der Waals surface area contributed by atoms with E-state index >= 15 is 0 Å². The highest BCUT2D eigenvalue weighted by atomic mass is 19.1. The van der Waals surface area contributed by atoms with E-state index in [1.807, 2.05) is 0 Å². The Morgan fingerprint density at radius 2 is 2.22 bits per heavy atom. The van der Waals surface area contributed by atoms with E-state index in [9.17, 15) is 9.18 Å². The molecule has 1 unspecified atom stereocenters. The highest BCUT2D eigenvalue weighted by Gasteiger charge is 2.17. The van der Waals surface area contributed by atoms with Crippen molar-refractivity contribution in [1.82, 2.24) is 10.3 Å². The van der Waals surface area contributed by atoms with E-state index in [1.165, 1.54) is 12.3 Å². The van der Waals surface area contributed by atoms with Crippen molar-refractivity contribution < 1.29 is 13.9 Å². The van der Waals surface area contributed by atoms with Crippen molar-refractivity contribution in [3.63, 3.8) is 0 Å². The maximum atomic E-state index is 13.7. The number of nitrogens with zero attached hydrogens (tertiary/aromatic N) is 1. The lowest BCUT2D eigenvalue weighted by molar-refractivity contribution is 0.0854. The third-order valence-electron chi connectivity index (χ3n) is 3.66. The zero-order valence-electron chi connectivity index (χ0n) is 12.6. The summed E-state index contributed by atoms with van der Waals surface area (Å²) in [5.41, 5.74) is 1.24. The van der Waals surface area contributed by atoms with Crippen LogP contribution in [-0.2, 0) is 4.74 Å². The number of anilines is 2. The van der Waals surface area contributed by atoms with Gasteiger partial charge in [0.25, 0.3) is 5.91 Å². The number of halogens is 1. The monoisotopic (exact) mass is 315 g/mol. The van der Waals surface area contributed by atoms with Crippen LogP contribution in [0.3, 0.4) is 0 Å². The van der Waals surface area contributed by atoms with Crippen LogP contribution in [0.25, 0.3) is 0 Å². The normalized spacial score (nSPS) is 17.0. The Bertz CT molecular complexity index is 687. The predicted octanol–water partition coefficient (Wildman–Crippen LogP) is 2.87. The SMILES string of the molecule is O=C(NCC1CCCO1)c1cc(Nc2ccccc2F)ccn1. The number of hydrogen-bond donors (Lipinski definition) is 2. The first-order valence-corrected chi connectivity index (χ1v) is 7.60. The molecule has 2 heterocycles. The standard InChI is InChI=1S/C17H18FN3O2/c18-14-5-1-2-6-15(14)21-12-7-8-19-16(10-12)17(22)20-11-13-4-3-9-23-13/h1-2,5-8,10,13H,3-4,9,11H2,(H,19,21)(H,20,22). The molecule has 1 aliphatic heterocycles. The summed E-state index contributed by atoms with van der Waals surface area (Å²) in [6.45, 7) is 1.23. The molecule has 0 saturated carbocycles. The maximum absolute atomic E-state index is 13.7. The van der Waals surface area contributed by atoms with Crippen LogP contribution in [0.4, 0.5) is 15.8 Å². The summed E-state index contributed by atoms with van der Waals surface area (Å²) < 4.78 is 19.1. The molecule has 120 valence electrons. The summed E-state index contributed by atoms with van der Waals surface area (Å²) in [6, 6.07) is 9.64. The van der Waals surface area contributed by atoms with E-state index in [2.05, 4.69) is 15.6 Å². The summed E-state index contributed by atoms with van der Waals surface area (Å²) in [7, 11) is 0. The molecular weight excluding hydrogens is 297 g/mol. The van der Waals surface area contributed by atoms with Crippen LogP contribution in [0.1, 0.15) is 23.3 Å². The Morgan fingerprint density at radius 3 is 3.00 bits per heavy atom. The molecule has 1 atom stereocenters. The number of amides is 1. The van der Waals surface area contributed by atoms with Crippen molar-refractivity contribution in [3.8, 4) is 0 Å². The van der Waals surface area contributed by atoms with E-state index in [-0.39, 0.29) is 23.5 Å². The molecule has 6 heteroatoms. The molecule has 2 aromatic rings. The van der Waals surface area contributed by atoms with E-state index in [0.717, 1.165) is 19.4 Å². The Hall–Kier alpha value is -2.47. The molecule has 5 nitrogen and oxygen atoms in total. The number of para-hydroxylation sites is 1. The first kappa shape index (κ1) is 15.4. The fourth-order valence-corrected chi connectivity index (χ4v) is 2.45. The second kappa shape index (κ2) is 7.19. The van der Waals surface area contributed by atoms with Gasteiger partial charge >= 0.3 is 0 Å². The van der Waals surface area contributed by atoms with Crippen molar-refractivity contribution in [2.45, 2.75) is 18.9 Å². The topological polar surface area (TPSA) is 63.2 Å². The zero-order valence-corrected chi connectivity index (χ0v) is 12.6. The van der Waals surface area contributed by atoms with Crippen LogP contribution in [-0.4, -0.2) is 30.1 Å². The summed E-state index contributed by atoms with van der Waals surface area (Å²) in [5.74, 6) is -0.619. The van der Waals surface area contributed by atoms with E-state index < -0.39 is 0 Å². The molecule has 0 aliphatic carbocycles. The molecule has 1 aromatic heterocycles. The predicted molar refractivity (Wildman–Crippen MR) is 85.2 cm³/mol. The molecule has 1 amide bonds. The van der Waals surface area contributed by atoms with Gasteiger partial charge in [0.05, 0.1) is 11.8 Å². The van der Waals surface area contributed by atoms with Crippen LogP contribution in [0.2, 0.25) is 0 Å². The minimum Gasteiger partial charge on any atom is -0.376 e. The molecule has 1 saturated heterocycles. The van der Waals surface area contributed by atoms with Gasteiger partial charge in [-0.2, -0.15) is 0 Å². The average molecular weight is 315 g/mol. The molecule has 3 rings (SSSR count). The zero-order chi connectivity index (χ0) is 16.1. The molecule has 0 bridgehead atoms. The smallest absolute Gasteiger partial charge is 0.270 e. The molecule has 0 radical (unpaired) electrons. The third kappa shape index (κ3) is 4.04. The van der Waals surface area contributed by atoms with Gasteiger partial charge in [0.2, 0.25) is 0 Å². The largest absolute Gasteiger partial charge is 0.376 e. The number of rotatable bonds is 5. The number of hydrogen-bond acceptors (Lipinski definition) is 4. The quantitative estimate of drug-likeness (QED) is 0.890. The second-order valence-corrected chi connectivity index (χ2v) is 5.38. The number of ether oxygens (including phenoxy) is 1. The number of aromatic nitrogens is 1. The fraction of sp³-hybridized carbons (Fsp3) is 0.294. The summed E-state index contributed by atoms with van der Waals surface area (Å²) in [6.07, 6.45) is 3.59. The van der Waals surface area contributed by atoms with Crippen LogP contribution >= 0.6 is 0 Å². The molecule has 1 aliphatic rings. The van der Waals surface area contributed by atoms with Crippen LogP contribution in [0.15, 0.2) is 42.6 Å². The average Bonchev–Trinajstić information content (AvgIpc) is 3.08. The maximum Gasteiger partial charge on any atom is 0.270 e. The minimum absolute atomic E-state index is 0.0821. The molecular formula is C17H18FN3O2. The number of pyridine rings is 1. The van der Waals surface area contributed by atoms with Gasteiger partial charge in [0.15, 0.2) is 0 Å². The van der Waals surface area contributed by atoms with Crippen molar-refractivity contribution in [1.29, 1.82) is 0 Å². The number of nitrogens with one attached hydrogen (secondary N) is 2. The van der Waals surface area contributed by atoms with E-state index in [0.29, 0.717) is 17.9 Å². The van der Waals surface area contributed by atoms with Gasteiger partial charge in [0.1, 0.15) is 11.5 Å². The van der Waals surface area contributed by atoms with Crippen molar-refractivity contribution >= 4 is 17.3 Å². The Labute approximate surface area is 133 Å². The first-order chi connectivity index (χ1) is 11.2. The highest BCUT2D eigenvalue weighted by Crippen LogP contribution is 2.19. The van der Waals surface area contributed by atoms with Gasteiger partial charge in [-0.25, -0.2) is 4.39 Å². The summed E-state index contributed by atoms with van der Waals surface area (Å²) in [4.78, 5) is 16.2. The van der Waals surface area contributed by atoms with Gasteiger partial charge in [-0.1, -0.05) is 12.1 Å². The third-order valence-corrected chi connectivity index (χ3v) is 3.66. The van der Waals surface area contributed by atoms with Crippen LogP contribution < -0.4 is 10.6 Å². The number of carbonyl (C=O) groups is 1. The van der Waals surface area contributed by atoms with Gasteiger partial charge in [0, 0.05) is 25.0 Å². The van der Waals surface area contributed by atoms with E-state index in [4.69, 9.17) is 4.74 Å². The Morgan fingerprint density at radius 1 is 1.35 bits per heavy atom. The first-order valence-electron chi connectivity index (χ1n) is 7.60. The van der Waals surface area contributed by atoms with Gasteiger partial charge < -0.3 is 15.4 Å². The Balaban J connectivity index is 1.64. The molecule has 23 heavy (non-hydrogen) atoms. The number of benzene rings is 1. The second-order valence-electron chi connectivity index (χ2n) is 5.38. The molecule has 1 fully saturated rings. The lowest BCUT2D eigenvalue weighted by atomic mass is 10.2. The Kier molecular flexibility index (Phi) is 4.83. The van der Waals surface area contributed by atoms with Crippen molar-refractivity contribution in [2.24, 2.45) is 0 Å². The van der Waals surface area contributed by atoms with Crippen LogP contribution in [0, 0.1) is 5.82 Å².